The minimum atomic E-state index is -1.14. The number of aliphatic hydroxyl groups excluding tert-OH is 1. The topological polar surface area (TPSA) is 85.6 Å². The molecule has 0 aliphatic carbocycles. The maximum atomic E-state index is 13.2. The van der Waals surface area contributed by atoms with Gasteiger partial charge in [0.2, 0.25) is 0 Å². The minimum absolute atomic E-state index is 0.00186. The third kappa shape index (κ3) is 4.58. The quantitative estimate of drug-likeness (QED) is 0.278. The summed E-state index contributed by atoms with van der Waals surface area (Å²) in [5.41, 5.74) is 0.521. The first kappa shape index (κ1) is 21.3. The Bertz CT molecular complexity index is 1210. The van der Waals surface area contributed by atoms with Crippen molar-refractivity contribution >= 4 is 40.0 Å². The van der Waals surface area contributed by atoms with Crippen molar-refractivity contribution in [1.82, 2.24) is 4.57 Å². The molecule has 1 N–H and O–H groups in total. The molecule has 0 atom stereocenters. The van der Waals surface area contributed by atoms with Gasteiger partial charge in [-0.3, -0.25) is 9.59 Å². The Morgan fingerprint density at radius 3 is 2.57 bits per heavy atom. The summed E-state index contributed by atoms with van der Waals surface area (Å²) in [6.45, 7) is 1.79. The average molecular weight is 430 g/mol. The van der Waals surface area contributed by atoms with Gasteiger partial charge in [0.25, 0.3) is 5.78 Å². The molecule has 0 fully saturated rings. The molecule has 0 radical (unpaired) electrons. The van der Waals surface area contributed by atoms with Crippen LogP contribution in [0.4, 0.5) is 4.39 Å². The number of esters is 1. The summed E-state index contributed by atoms with van der Waals surface area (Å²) >= 11 is 6.03. The van der Waals surface area contributed by atoms with E-state index in [1.165, 1.54) is 31.3 Å². The summed E-state index contributed by atoms with van der Waals surface area (Å²) in [5.74, 6) is -3.29. The lowest BCUT2D eigenvalue weighted by molar-refractivity contribution is -0.151. The monoisotopic (exact) mass is 429 g/mol. The van der Waals surface area contributed by atoms with E-state index < -0.39 is 22.9 Å². The van der Waals surface area contributed by atoms with Crippen LogP contribution in [0.2, 0.25) is 5.02 Å². The van der Waals surface area contributed by atoms with Crippen LogP contribution in [0.25, 0.3) is 16.7 Å². The highest BCUT2D eigenvalue weighted by Crippen LogP contribution is 2.21. The van der Waals surface area contributed by atoms with E-state index in [4.69, 9.17) is 11.6 Å². The fourth-order valence-corrected chi connectivity index (χ4v) is 3.10. The molecule has 0 aliphatic heterocycles. The predicted molar refractivity (Wildman–Crippen MR) is 111 cm³/mol. The SMILES string of the molecule is CCOC(=O)C(=O)/C=C(\O)c1cn(Cc2ccc(F)cc2)c2ccc(Cl)cc2c1=O. The number of ether oxygens (including phenoxy) is 1. The molecule has 154 valence electrons. The maximum absolute atomic E-state index is 13.2. The van der Waals surface area contributed by atoms with Crippen LogP contribution in [-0.4, -0.2) is 28.0 Å². The van der Waals surface area contributed by atoms with Gasteiger partial charge in [0.1, 0.15) is 11.6 Å². The van der Waals surface area contributed by atoms with Crippen molar-refractivity contribution in [2.75, 3.05) is 6.61 Å². The van der Waals surface area contributed by atoms with E-state index in [2.05, 4.69) is 4.74 Å². The number of benzene rings is 2. The lowest BCUT2D eigenvalue weighted by Gasteiger charge is -2.14. The van der Waals surface area contributed by atoms with Crippen molar-refractivity contribution in [3.8, 4) is 0 Å². The molecule has 0 amide bonds. The van der Waals surface area contributed by atoms with Crippen LogP contribution in [0.5, 0.6) is 0 Å². The minimum Gasteiger partial charge on any atom is -0.507 e. The van der Waals surface area contributed by atoms with E-state index in [0.29, 0.717) is 16.6 Å². The van der Waals surface area contributed by atoms with Crippen molar-refractivity contribution in [3.05, 3.63) is 86.9 Å². The highest BCUT2D eigenvalue weighted by molar-refractivity contribution is 6.39. The molecule has 0 saturated heterocycles. The molecule has 3 aromatic rings. The highest BCUT2D eigenvalue weighted by atomic mass is 35.5. The standard InChI is InChI=1S/C22H17ClFNO5/c1-2-30-22(29)20(27)10-19(26)17-12-25(11-13-3-6-15(24)7-4-13)18-8-5-14(23)9-16(18)21(17)28/h3-10,12,26H,2,11H2,1H3/b19-10-. The fourth-order valence-electron chi connectivity index (χ4n) is 2.93. The number of rotatable bonds is 6. The third-order valence-corrected chi connectivity index (χ3v) is 4.56. The number of halogens is 2. The zero-order valence-electron chi connectivity index (χ0n) is 15.9. The molecular formula is C22H17ClFNO5. The number of fused-ring (bicyclic) bond motifs is 1. The number of aromatic nitrogens is 1. The van der Waals surface area contributed by atoms with Crippen molar-refractivity contribution < 1.29 is 23.8 Å². The Labute approximate surface area is 175 Å². The Kier molecular flexibility index (Phi) is 6.32. The summed E-state index contributed by atoms with van der Waals surface area (Å²) < 4.78 is 19.5. The Balaban J connectivity index is 2.13. The molecule has 6 nitrogen and oxygen atoms in total. The number of hydrogen-bond donors (Lipinski definition) is 1. The predicted octanol–water partition coefficient (Wildman–Crippen LogP) is 3.87. The van der Waals surface area contributed by atoms with E-state index in [9.17, 15) is 23.9 Å². The van der Waals surface area contributed by atoms with Crippen LogP contribution in [0.15, 0.2) is 59.5 Å². The van der Waals surface area contributed by atoms with E-state index in [-0.39, 0.29) is 29.9 Å². The van der Waals surface area contributed by atoms with E-state index >= 15 is 0 Å². The Morgan fingerprint density at radius 2 is 1.90 bits per heavy atom. The van der Waals surface area contributed by atoms with Gasteiger partial charge in [0.05, 0.1) is 17.7 Å². The van der Waals surface area contributed by atoms with Gasteiger partial charge in [-0.05, 0) is 42.8 Å². The molecule has 0 saturated carbocycles. The number of carbonyl (C=O) groups excluding carboxylic acids is 2. The van der Waals surface area contributed by atoms with Crippen LogP contribution in [0, 0.1) is 5.82 Å². The second kappa shape index (κ2) is 8.92. The molecule has 30 heavy (non-hydrogen) atoms. The molecule has 8 heteroatoms. The lowest BCUT2D eigenvalue weighted by atomic mass is 10.1. The summed E-state index contributed by atoms with van der Waals surface area (Å²) in [7, 11) is 0. The number of aliphatic hydroxyl groups is 1. The zero-order chi connectivity index (χ0) is 21.8. The molecule has 0 unspecified atom stereocenters. The molecule has 1 aromatic heterocycles. The average Bonchev–Trinajstić information content (AvgIpc) is 2.71. The van der Waals surface area contributed by atoms with Gasteiger partial charge in [-0.2, -0.15) is 0 Å². The van der Waals surface area contributed by atoms with Gasteiger partial charge in [-0.1, -0.05) is 23.7 Å². The van der Waals surface area contributed by atoms with Gasteiger partial charge >= 0.3 is 5.97 Å². The smallest absolute Gasteiger partial charge is 0.379 e. The molecule has 0 spiro atoms. The highest BCUT2D eigenvalue weighted by Gasteiger charge is 2.17. The third-order valence-electron chi connectivity index (χ3n) is 4.33. The first-order valence-electron chi connectivity index (χ1n) is 8.99. The van der Waals surface area contributed by atoms with Gasteiger partial charge in [0, 0.05) is 29.2 Å². The van der Waals surface area contributed by atoms with E-state index in [0.717, 1.165) is 5.56 Å². The number of hydrogen-bond acceptors (Lipinski definition) is 5. The molecule has 1 heterocycles. The summed E-state index contributed by atoms with van der Waals surface area (Å²) in [6.07, 6.45) is 2.01. The van der Waals surface area contributed by atoms with Crippen LogP contribution in [-0.2, 0) is 20.9 Å². The van der Waals surface area contributed by atoms with E-state index in [1.54, 1.807) is 28.8 Å². The molecular weight excluding hydrogens is 413 g/mol. The van der Waals surface area contributed by atoms with Gasteiger partial charge in [0.15, 0.2) is 5.43 Å². The fraction of sp³-hybridized carbons (Fsp3) is 0.136. The van der Waals surface area contributed by atoms with Gasteiger partial charge < -0.3 is 14.4 Å². The van der Waals surface area contributed by atoms with Gasteiger partial charge in [-0.15, -0.1) is 0 Å². The van der Waals surface area contributed by atoms with Crippen LogP contribution >= 0.6 is 11.6 Å². The summed E-state index contributed by atoms with van der Waals surface area (Å²) in [5, 5.41) is 10.9. The second-order valence-corrected chi connectivity index (χ2v) is 6.84. The lowest BCUT2D eigenvalue weighted by Crippen LogP contribution is -2.18. The van der Waals surface area contributed by atoms with Crippen LogP contribution in [0.1, 0.15) is 18.1 Å². The first-order chi connectivity index (χ1) is 14.3. The van der Waals surface area contributed by atoms with E-state index in [1.807, 2.05) is 0 Å². The number of pyridine rings is 1. The summed E-state index contributed by atoms with van der Waals surface area (Å²) in [4.78, 5) is 36.3. The molecule has 0 aliphatic rings. The molecule has 0 bridgehead atoms. The molecule has 3 rings (SSSR count). The van der Waals surface area contributed by atoms with Crippen LogP contribution in [0.3, 0.4) is 0 Å². The maximum Gasteiger partial charge on any atom is 0.379 e. The molecule has 2 aromatic carbocycles. The zero-order valence-corrected chi connectivity index (χ0v) is 16.6. The Hall–Kier alpha value is -3.45. The summed E-state index contributed by atoms with van der Waals surface area (Å²) in [6, 6.07) is 10.5. The van der Waals surface area contributed by atoms with Crippen molar-refractivity contribution in [3.63, 3.8) is 0 Å². The number of ketones is 1. The largest absolute Gasteiger partial charge is 0.507 e. The Morgan fingerprint density at radius 1 is 1.20 bits per heavy atom. The van der Waals surface area contributed by atoms with Crippen LogP contribution < -0.4 is 5.43 Å². The number of carbonyl (C=O) groups is 2. The number of nitrogens with zero attached hydrogens (tertiary/aromatic N) is 1. The van der Waals surface area contributed by atoms with Gasteiger partial charge in [-0.25, -0.2) is 9.18 Å². The van der Waals surface area contributed by atoms with Crippen molar-refractivity contribution in [1.29, 1.82) is 0 Å². The normalized spacial score (nSPS) is 11.5. The second-order valence-electron chi connectivity index (χ2n) is 6.40. The van der Waals surface area contributed by atoms with Crippen molar-refractivity contribution in [2.24, 2.45) is 0 Å². The van der Waals surface area contributed by atoms with Crippen molar-refractivity contribution in [2.45, 2.75) is 13.5 Å². The first-order valence-corrected chi connectivity index (χ1v) is 9.37.